The van der Waals surface area contributed by atoms with E-state index in [0.717, 1.165) is 0 Å². The molecule has 1 heterocycles. The normalized spacial score (nSPS) is 9.76. The van der Waals surface area contributed by atoms with Crippen LogP contribution in [0.4, 0.5) is 0 Å². The van der Waals surface area contributed by atoms with E-state index in [-0.39, 0.29) is 6.61 Å². The Morgan fingerprint density at radius 2 is 1.95 bits per heavy atom. The molecule has 0 bridgehead atoms. The summed E-state index contributed by atoms with van der Waals surface area (Å²) in [6.45, 7) is -0.224. The summed E-state index contributed by atoms with van der Waals surface area (Å²) in [5.74, 6) is 0.223. The number of ether oxygens (including phenoxy) is 2. The lowest BCUT2D eigenvalue weighted by molar-refractivity contribution is -0.123. The van der Waals surface area contributed by atoms with Crippen molar-refractivity contribution < 1.29 is 19.1 Å². The van der Waals surface area contributed by atoms with Gasteiger partial charge < -0.3 is 14.5 Å². The number of hydrogen-bond acceptors (Lipinski definition) is 4. The molecule has 110 valence electrons. The summed E-state index contributed by atoms with van der Waals surface area (Å²) in [5, 5.41) is 0. The molecule has 0 aliphatic rings. The molecule has 0 saturated carbocycles. The monoisotopic (exact) mass is 289 g/mol. The summed E-state index contributed by atoms with van der Waals surface area (Å²) in [7, 11) is 1.54. The highest BCUT2D eigenvalue weighted by atomic mass is 16.5. The van der Waals surface area contributed by atoms with Crippen LogP contribution < -0.4 is 20.3 Å². The van der Waals surface area contributed by atoms with Gasteiger partial charge in [-0.1, -0.05) is 6.07 Å². The van der Waals surface area contributed by atoms with Crippen molar-refractivity contribution in [1.82, 2.24) is 15.8 Å². The first-order chi connectivity index (χ1) is 10.2. The summed E-state index contributed by atoms with van der Waals surface area (Å²) in [4.78, 5) is 25.8. The van der Waals surface area contributed by atoms with Crippen molar-refractivity contribution >= 4 is 11.8 Å². The number of H-pyrrole nitrogens is 1. The Balaban J connectivity index is 1.75. The van der Waals surface area contributed by atoms with E-state index in [1.807, 2.05) is 0 Å². The molecule has 2 amide bonds. The second-order valence-corrected chi connectivity index (χ2v) is 4.05. The fraction of sp³-hybridized carbons (Fsp3) is 0.143. The first-order valence-electron chi connectivity index (χ1n) is 6.18. The van der Waals surface area contributed by atoms with Gasteiger partial charge in [0.1, 0.15) is 17.2 Å². The third-order valence-electron chi connectivity index (χ3n) is 2.57. The molecule has 7 nitrogen and oxygen atoms in total. The van der Waals surface area contributed by atoms with Crippen LogP contribution in [-0.2, 0) is 4.79 Å². The van der Waals surface area contributed by atoms with Crippen LogP contribution in [0.15, 0.2) is 42.6 Å². The van der Waals surface area contributed by atoms with Crippen molar-refractivity contribution in [2.75, 3.05) is 13.7 Å². The smallest absolute Gasteiger partial charge is 0.286 e. The maximum absolute atomic E-state index is 11.6. The highest BCUT2D eigenvalue weighted by molar-refractivity contribution is 5.93. The zero-order valence-corrected chi connectivity index (χ0v) is 11.4. The number of aromatic nitrogens is 1. The molecule has 1 aromatic heterocycles. The van der Waals surface area contributed by atoms with Gasteiger partial charge in [-0.2, -0.15) is 0 Å². The predicted molar refractivity (Wildman–Crippen MR) is 74.9 cm³/mol. The first kappa shape index (κ1) is 14.4. The molecular formula is C14H15N3O4. The third kappa shape index (κ3) is 4.27. The molecule has 0 spiro atoms. The predicted octanol–water partition coefficient (Wildman–Crippen LogP) is 0.863. The number of aromatic amines is 1. The Kier molecular flexibility index (Phi) is 4.81. The van der Waals surface area contributed by atoms with E-state index in [1.54, 1.807) is 49.7 Å². The molecule has 2 aromatic rings. The van der Waals surface area contributed by atoms with Gasteiger partial charge in [0.05, 0.1) is 7.11 Å². The van der Waals surface area contributed by atoms with Crippen LogP contribution in [0.1, 0.15) is 10.5 Å². The molecule has 21 heavy (non-hydrogen) atoms. The number of nitrogens with one attached hydrogen (secondary N) is 3. The summed E-state index contributed by atoms with van der Waals surface area (Å²) in [6.07, 6.45) is 1.61. The molecule has 0 aliphatic heterocycles. The first-order valence-corrected chi connectivity index (χ1v) is 6.18. The fourth-order valence-electron chi connectivity index (χ4n) is 1.54. The number of carbonyl (C=O) groups is 2. The average molecular weight is 289 g/mol. The fourth-order valence-corrected chi connectivity index (χ4v) is 1.54. The van der Waals surface area contributed by atoms with Crippen LogP contribution in [0, 0.1) is 0 Å². The van der Waals surface area contributed by atoms with Crippen LogP contribution in [0.5, 0.6) is 11.5 Å². The van der Waals surface area contributed by atoms with Gasteiger partial charge in [-0.15, -0.1) is 0 Å². The molecule has 7 heteroatoms. The second kappa shape index (κ2) is 6.99. The third-order valence-corrected chi connectivity index (χ3v) is 2.57. The van der Waals surface area contributed by atoms with Crippen LogP contribution in [0.2, 0.25) is 0 Å². The maximum atomic E-state index is 11.6. The standard InChI is InChI=1S/C14H15N3O4/c1-20-10-4-2-5-11(8-10)21-9-13(18)16-17-14(19)12-6-3-7-15-12/h2-8,15H,9H2,1H3,(H,16,18)(H,17,19). The Hall–Kier alpha value is -2.96. The minimum atomic E-state index is -0.474. The lowest BCUT2D eigenvalue weighted by Gasteiger charge is -2.09. The van der Waals surface area contributed by atoms with Crippen molar-refractivity contribution in [3.05, 3.63) is 48.3 Å². The molecule has 1 aromatic carbocycles. The van der Waals surface area contributed by atoms with Crippen LogP contribution in [-0.4, -0.2) is 30.5 Å². The van der Waals surface area contributed by atoms with Gasteiger partial charge in [-0.25, -0.2) is 0 Å². The molecule has 0 fully saturated rings. The van der Waals surface area contributed by atoms with Crippen molar-refractivity contribution in [2.24, 2.45) is 0 Å². The summed E-state index contributed by atoms with van der Waals surface area (Å²) in [5.41, 5.74) is 4.88. The molecule has 0 unspecified atom stereocenters. The Labute approximate surface area is 121 Å². The SMILES string of the molecule is COc1cccc(OCC(=O)NNC(=O)c2ccc[nH]2)c1. The number of hydrazine groups is 1. The van der Waals surface area contributed by atoms with E-state index < -0.39 is 11.8 Å². The van der Waals surface area contributed by atoms with Gasteiger partial charge in [-0.3, -0.25) is 20.4 Å². The number of benzene rings is 1. The van der Waals surface area contributed by atoms with E-state index in [4.69, 9.17) is 9.47 Å². The van der Waals surface area contributed by atoms with Gasteiger partial charge in [0, 0.05) is 12.3 Å². The molecule has 0 radical (unpaired) electrons. The van der Waals surface area contributed by atoms with E-state index in [2.05, 4.69) is 15.8 Å². The number of rotatable bonds is 5. The van der Waals surface area contributed by atoms with Gasteiger partial charge in [-0.05, 0) is 24.3 Å². The number of carbonyl (C=O) groups excluding carboxylic acids is 2. The van der Waals surface area contributed by atoms with E-state index in [9.17, 15) is 9.59 Å². The minimum Gasteiger partial charge on any atom is -0.497 e. The van der Waals surface area contributed by atoms with Crippen LogP contribution in [0.3, 0.4) is 0 Å². The minimum absolute atomic E-state index is 0.224. The number of amides is 2. The molecule has 2 rings (SSSR count). The van der Waals surface area contributed by atoms with Gasteiger partial charge in [0.2, 0.25) is 0 Å². The Morgan fingerprint density at radius 3 is 2.67 bits per heavy atom. The second-order valence-electron chi connectivity index (χ2n) is 4.05. The lowest BCUT2D eigenvalue weighted by atomic mass is 10.3. The van der Waals surface area contributed by atoms with E-state index in [0.29, 0.717) is 17.2 Å². The molecule has 3 N–H and O–H groups in total. The van der Waals surface area contributed by atoms with Crippen LogP contribution in [0.25, 0.3) is 0 Å². The van der Waals surface area contributed by atoms with Gasteiger partial charge in [0.15, 0.2) is 6.61 Å². The highest BCUT2D eigenvalue weighted by Gasteiger charge is 2.08. The van der Waals surface area contributed by atoms with Crippen molar-refractivity contribution in [2.45, 2.75) is 0 Å². The van der Waals surface area contributed by atoms with Crippen molar-refractivity contribution in [3.8, 4) is 11.5 Å². The quantitative estimate of drug-likeness (QED) is 0.712. The van der Waals surface area contributed by atoms with E-state index >= 15 is 0 Å². The number of methoxy groups -OCH3 is 1. The zero-order chi connectivity index (χ0) is 15.1. The molecule has 0 atom stereocenters. The average Bonchev–Trinajstić information content (AvgIpc) is 3.05. The lowest BCUT2D eigenvalue weighted by Crippen LogP contribution is -2.43. The van der Waals surface area contributed by atoms with Gasteiger partial charge in [0.25, 0.3) is 11.8 Å². The van der Waals surface area contributed by atoms with Crippen molar-refractivity contribution in [1.29, 1.82) is 0 Å². The maximum Gasteiger partial charge on any atom is 0.286 e. The topological polar surface area (TPSA) is 92.4 Å². The Bertz CT molecular complexity index is 610. The highest BCUT2D eigenvalue weighted by Crippen LogP contribution is 2.18. The summed E-state index contributed by atoms with van der Waals surface area (Å²) in [6, 6.07) is 10.2. The molecule has 0 aliphatic carbocycles. The van der Waals surface area contributed by atoms with E-state index in [1.165, 1.54) is 0 Å². The van der Waals surface area contributed by atoms with Crippen LogP contribution >= 0.6 is 0 Å². The van der Waals surface area contributed by atoms with Crippen molar-refractivity contribution in [3.63, 3.8) is 0 Å². The largest absolute Gasteiger partial charge is 0.497 e. The number of hydrogen-bond donors (Lipinski definition) is 3. The molecular weight excluding hydrogens is 274 g/mol. The Morgan fingerprint density at radius 1 is 1.14 bits per heavy atom. The molecule has 0 saturated heterocycles. The van der Waals surface area contributed by atoms with Gasteiger partial charge >= 0.3 is 0 Å². The summed E-state index contributed by atoms with van der Waals surface area (Å²) >= 11 is 0. The zero-order valence-electron chi connectivity index (χ0n) is 11.4. The summed E-state index contributed by atoms with van der Waals surface area (Å²) < 4.78 is 10.3.